The number of likely N-dealkylation sites (tertiary alicyclic amines) is 2. The number of hydrogen-bond donors (Lipinski definition) is 1. The average Bonchev–Trinajstić information content (AvgIpc) is 2.92. The van der Waals surface area contributed by atoms with E-state index < -0.39 is 6.10 Å². The molecule has 6 heteroatoms. The van der Waals surface area contributed by atoms with Gasteiger partial charge < -0.3 is 14.6 Å². The predicted octanol–water partition coefficient (Wildman–Crippen LogP) is -0.0941. The minimum absolute atomic E-state index is 0.0118. The second-order valence-electron chi connectivity index (χ2n) is 6.24. The number of amides is 1. The Morgan fingerprint density at radius 3 is 2.50 bits per heavy atom. The molecule has 1 aromatic rings. The Labute approximate surface area is 130 Å². The Kier molecular flexibility index (Phi) is 4.59. The lowest BCUT2D eigenvalue weighted by Crippen LogP contribution is -2.46. The van der Waals surface area contributed by atoms with Gasteiger partial charge in [0.1, 0.15) is 6.54 Å². The molecule has 2 aliphatic heterocycles. The van der Waals surface area contributed by atoms with E-state index in [9.17, 15) is 14.7 Å². The Hall–Kier alpha value is -1.66. The van der Waals surface area contributed by atoms with Crippen molar-refractivity contribution < 1.29 is 9.90 Å². The zero-order valence-electron chi connectivity index (χ0n) is 12.7. The topological polar surface area (TPSA) is 65.8 Å². The third-order valence-electron chi connectivity index (χ3n) is 4.65. The Bertz CT molecular complexity index is 560. The molecule has 22 heavy (non-hydrogen) atoms. The van der Waals surface area contributed by atoms with Crippen LogP contribution in [-0.4, -0.2) is 63.7 Å². The summed E-state index contributed by atoms with van der Waals surface area (Å²) < 4.78 is 1.70. The van der Waals surface area contributed by atoms with Crippen molar-refractivity contribution in [3.8, 4) is 0 Å². The standard InChI is InChI=1S/C16H23N3O3/c20-13-4-8-17(9-5-13)12-16(22)19-10-14(15(21)11-19)18-6-2-1-3-7-18/h4-5,8-9,14-15,21H,1-3,6-7,10-12H2/t14-,15-/m0/s1. The third kappa shape index (κ3) is 3.39. The van der Waals surface area contributed by atoms with Gasteiger partial charge in [-0.1, -0.05) is 6.42 Å². The van der Waals surface area contributed by atoms with Crippen molar-refractivity contribution in [2.24, 2.45) is 0 Å². The summed E-state index contributed by atoms with van der Waals surface area (Å²) in [7, 11) is 0. The fourth-order valence-corrected chi connectivity index (χ4v) is 3.39. The number of aromatic nitrogens is 1. The van der Waals surface area contributed by atoms with E-state index in [1.54, 1.807) is 21.9 Å². The fraction of sp³-hybridized carbons (Fsp3) is 0.625. The molecule has 0 aromatic carbocycles. The summed E-state index contributed by atoms with van der Waals surface area (Å²) >= 11 is 0. The van der Waals surface area contributed by atoms with E-state index in [0.717, 1.165) is 13.1 Å². The molecule has 1 amide bonds. The van der Waals surface area contributed by atoms with Gasteiger partial charge in [0.05, 0.1) is 12.1 Å². The molecule has 1 aromatic heterocycles. The second kappa shape index (κ2) is 6.62. The van der Waals surface area contributed by atoms with Gasteiger partial charge >= 0.3 is 0 Å². The molecular weight excluding hydrogens is 282 g/mol. The largest absolute Gasteiger partial charge is 0.390 e. The van der Waals surface area contributed by atoms with Crippen LogP contribution in [-0.2, 0) is 11.3 Å². The van der Waals surface area contributed by atoms with Crippen molar-refractivity contribution in [3.63, 3.8) is 0 Å². The summed E-state index contributed by atoms with van der Waals surface area (Å²) in [6.45, 7) is 3.24. The van der Waals surface area contributed by atoms with Crippen LogP contribution < -0.4 is 5.43 Å². The number of pyridine rings is 1. The number of β-amino-alcohol motifs (C(OH)–C–C–N with tert-alkyl or cyclic N) is 1. The van der Waals surface area contributed by atoms with Crippen LogP contribution in [0.5, 0.6) is 0 Å². The summed E-state index contributed by atoms with van der Waals surface area (Å²) in [6, 6.07) is 2.96. The van der Waals surface area contributed by atoms with Crippen LogP contribution in [0.3, 0.4) is 0 Å². The molecule has 3 heterocycles. The van der Waals surface area contributed by atoms with Crippen LogP contribution in [0.1, 0.15) is 19.3 Å². The number of hydrogen-bond acceptors (Lipinski definition) is 4. The summed E-state index contributed by atoms with van der Waals surface area (Å²) in [5, 5.41) is 10.3. The maximum atomic E-state index is 12.4. The van der Waals surface area contributed by atoms with Crippen molar-refractivity contribution in [1.82, 2.24) is 14.4 Å². The minimum Gasteiger partial charge on any atom is -0.390 e. The normalized spacial score (nSPS) is 26.3. The molecule has 0 radical (unpaired) electrons. The van der Waals surface area contributed by atoms with Crippen LogP contribution in [0.15, 0.2) is 29.3 Å². The van der Waals surface area contributed by atoms with Crippen molar-refractivity contribution in [2.45, 2.75) is 38.0 Å². The predicted molar refractivity (Wildman–Crippen MR) is 82.5 cm³/mol. The van der Waals surface area contributed by atoms with Crippen LogP contribution in [0, 0.1) is 0 Å². The highest BCUT2D eigenvalue weighted by molar-refractivity contribution is 5.76. The van der Waals surface area contributed by atoms with Crippen LogP contribution >= 0.6 is 0 Å². The highest BCUT2D eigenvalue weighted by Gasteiger charge is 2.37. The lowest BCUT2D eigenvalue weighted by atomic mass is 10.1. The molecule has 2 fully saturated rings. The number of rotatable bonds is 3. The number of piperidine rings is 1. The van der Waals surface area contributed by atoms with Gasteiger partial charge in [0.2, 0.25) is 5.91 Å². The van der Waals surface area contributed by atoms with Crippen LogP contribution in [0.25, 0.3) is 0 Å². The number of nitrogens with zero attached hydrogens (tertiary/aromatic N) is 3. The number of aliphatic hydroxyl groups excluding tert-OH is 1. The summed E-state index contributed by atoms with van der Waals surface area (Å²) in [5.74, 6) is -0.0118. The zero-order chi connectivity index (χ0) is 15.5. The molecule has 0 bridgehead atoms. The van der Waals surface area contributed by atoms with E-state index in [2.05, 4.69) is 4.90 Å². The van der Waals surface area contributed by atoms with E-state index in [-0.39, 0.29) is 23.9 Å². The average molecular weight is 305 g/mol. The first kappa shape index (κ1) is 15.2. The zero-order valence-corrected chi connectivity index (χ0v) is 12.7. The molecule has 2 saturated heterocycles. The third-order valence-corrected chi connectivity index (χ3v) is 4.65. The highest BCUT2D eigenvalue weighted by Crippen LogP contribution is 2.21. The SMILES string of the molecule is O=C(Cn1ccc(=O)cc1)N1C[C@H](O)[C@@H](N2CCCCC2)C1. The first-order valence-corrected chi connectivity index (χ1v) is 7.99. The van der Waals surface area contributed by atoms with Crippen molar-refractivity contribution in [3.05, 3.63) is 34.7 Å². The minimum atomic E-state index is -0.462. The maximum Gasteiger partial charge on any atom is 0.242 e. The lowest BCUT2D eigenvalue weighted by molar-refractivity contribution is -0.131. The monoisotopic (exact) mass is 305 g/mol. The Morgan fingerprint density at radius 1 is 1.14 bits per heavy atom. The lowest BCUT2D eigenvalue weighted by Gasteiger charge is -2.33. The summed E-state index contributed by atoms with van der Waals surface area (Å²) in [4.78, 5) is 27.5. The van der Waals surface area contributed by atoms with Gasteiger partial charge in [0.25, 0.3) is 0 Å². The van der Waals surface area contributed by atoms with Gasteiger partial charge in [-0.05, 0) is 25.9 Å². The summed E-state index contributed by atoms with van der Waals surface area (Å²) in [5.41, 5.74) is -0.0644. The first-order chi connectivity index (χ1) is 10.6. The molecule has 0 spiro atoms. The molecule has 3 rings (SSSR count). The van der Waals surface area contributed by atoms with Crippen molar-refractivity contribution >= 4 is 5.91 Å². The van der Waals surface area contributed by atoms with Gasteiger partial charge in [0, 0.05) is 37.6 Å². The van der Waals surface area contributed by atoms with Gasteiger partial charge in [-0.15, -0.1) is 0 Å². The Balaban J connectivity index is 1.59. The fourth-order valence-electron chi connectivity index (χ4n) is 3.39. The molecular formula is C16H23N3O3. The van der Waals surface area contributed by atoms with Gasteiger partial charge in [0.15, 0.2) is 5.43 Å². The molecule has 0 unspecified atom stereocenters. The first-order valence-electron chi connectivity index (χ1n) is 7.99. The van der Waals surface area contributed by atoms with Crippen molar-refractivity contribution in [2.75, 3.05) is 26.2 Å². The van der Waals surface area contributed by atoms with E-state index in [1.165, 1.54) is 31.4 Å². The molecule has 6 nitrogen and oxygen atoms in total. The van der Waals surface area contributed by atoms with Gasteiger partial charge in [-0.3, -0.25) is 14.5 Å². The van der Waals surface area contributed by atoms with E-state index in [1.807, 2.05) is 0 Å². The number of carbonyl (C=O) groups is 1. The van der Waals surface area contributed by atoms with E-state index in [4.69, 9.17) is 0 Å². The smallest absolute Gasteiger partial charge is 0.242 e. The molecule has 0 aliphatic carbocycles. The van der Waals surface area contributed by atoms with Gasteiger partial charge in [-0.25, -0.2) is 0 Å². The highest BCUT2D eigenvalue weighted by atomic mass is 16.3. The number of aliphatic hydroxyl groups is 1. The van der Waals surface area contributed by atoms with E-state index in [0.29, 0.717) is 13.1 Å². The number of carbonyl (C=O) groups excluding carboxylic acids is 1. The molecule has 0 saturated carbocycles. The van der Waals surface area contributed by atoms with Crippen LogP contribution in [0.2, 0.25) is 0 Å². The molecule has 1 N–H and O–H groups in total. The molecule has 2 aliphatic rings. The molecule has 120 valence electrons. The van der Waals surface area contributed by atoms with Crippen molar-refractivity contribution in [1.29, 1.82) is 0 Å². The quantitative estimate of drug-likeness (QED) is 0.847. The second-order valence-corrected chi connectivity index (χ2v) is 6.24. The maximum absolute atomic E-state index is 12.4. The summed E-state index contributed by atoms with van der Waals surface area (Å²) in [6.07, 6.45) is 6.39. The van der Waals surface area contributed by atoms with Crippen LogP contribution in [0.4, 0.5) is 0 Å². The van der Waals surface area contributed by atoms with E-state index >= 15 is 0 Å². The van der Waals surface area contributed by atoms with Gasteiger partial charge in [-0.2, -0.15) is 0 Å². The Morgan fingerprint density at radius 2 is 1.82 bits per heavy atom. The molecule has 2 atom stereocenters.